The van der Waals surface area contributed by atoms with Crippen LogP contribution in [-0.2, 0) is 4.74 Å². The molecule has 0 atom stereocenters. The van der Waals surface area contributed by atoms with Crippen LogP contribution in [0.3, 0.4) is 0 Å². The summed E-state index contributed by atoms with van der Waals surface area (Å²) in [5.41, 5.74) is 3.81. The molecule has 0 aliphatic carbocycles. The van der Waals surface area contributed by atoms with Crippen LogP contribution >= 0.6 is 12.2 Å². The van der Waals surface area contributed by atoms with Gasteiger partial charge in [-0.3, -0.25) is 14.9 Å². The molecule has 0 spiro atoms. The summed E-state index contributed by atoms with van der Waals surface area (Å²) in [5.74, 6) is -0.482. The molecule has 0 aliphatic rings. The Labute approximate surface area is 186 Å². The van der Waals surface area contributed by atoms with E-state index in [0.29, 0.717) is 30.0 Å². The Balaban J connectivity index is 1.53. The summed E-state index contributed by atoms with van der Waals surface area (Å²) < 4.78 is 4.91. The van der Waals surface area contributed by atoms with Gasteiger partial charge in [0.25, 0.3) is 11.8 Å². The fraction of sp³-hybridized carbons (Fsp3) is 0.125. The lowest BCUT2D eigenvalue weighted by atomic mass is 10.0. The predicted octanol–water partition coefficient (Wildman–Crippen LogP) is 3.86. The highest BCUT2D eigenvalue weighted by molar-refractivity contribution is 7.80. The molecule has 3 aromatic rings. The molecule has 0 saturated carbocycles. The van der Waals surface area contributed by atoms with Gasteiger partial charge in [0.2, 0.25) is 0 Å². The fourth-order valence-corrected chi connectivity index (χ4v) is 3.07. The van der Waals surface area contributed by atoms with Crippen molar-refractivity contribution in [1.29, 1.82) is 0 Å². The number of nitrogens with one attached hydrogen (secondary N) is 3. The van der Waals surface area contributed by atoms with Gasteiger partial charge in [0.05, 0.1) is 6.61 Å². The van der Waals surface area contributed by atoms with Gasteiger partial charge in [-0.1, -0.05) is 42.5 Å². The van der Waals surface area contributed by atoms with Crippen LogP contribution in [-0.4, -0.2) is 37.2 Å². The van der Waals surface area contributed by atoms with E-state index in [1.807, 2.05) is 42.5 Å². The Morgan fingerprint density at radius 1 is 0.806 bits per heavy atom. The normalized spacial score (nSPS) is 10.2. The van der Waals surface area contributed by atoms with E-state index in [2.05, 4.69) is 16.0 Å². The molecule has 0 aromatic heterocycles. The molecule has 0 fully saturated rings. The third-order valence-electron chi connectivity index (χ3n) is 4.48. The number of methoxy groups -OCH3 is 1. The van der Waals surface area contributed by atoms with E-state index in [0.717, 1.165) is 11.1 Å². The molecular formula is C24H23N3O3S. The van der Waals surface area contributed by atoms with Gasteiger partial charge >= 0.3 is 0 Å². The summed E-state index contributed by atoms with van der Waals surface area (Å²) in [7, 11) is 1.58. The van der Waals surface area contributed by atoms with Gasteiger partial charge in [0.15, 0.2) is 5.11 Å². The molecule has 158 valence electrons. The highest BCUT2D eigenvalue weighted by Gasteiger charge is 2.09. The summed E-state index contributed by atoms with van der Waals surface area (Å²) in [6, 6.07) is 24.1. The molecule has 3 rings (SSSR count). The van der Waals surface area contributed by atoms with Crippen molar-refractivity contribution in [3.8, 4) is 11.1 Å². The zero-order chi connectivity index (χ0) is 22.1. The van der Waals surface area contributed by atoms with Crippen LogP contribution in [0.5, 0.6) is 0 Å². The van der Waals surface area contributed by atoms with Crippen LogP contribution in [0.2, 0.25) is 0 Å². The van der Waals surface area contributed by atoms with Crippen LogP contribution in [0.25, 0.3) is 11.1 Å². The van der Waals surface area contributed by atoms with Crippen LogP contribution in [0.15, 0.2) is 78.9 Å². The van der Waals surface area contributed by atoms with Gasteiger partial charge in [0.1, 0.15) is 0 Å². The Morgan fingerprint density at radius 2 is 1.39 bits per heavy atom. The Hall–Kier alpha value is -3.55. The first-order valence-electron chi connectivity index (χ1n) is 9.72. The van der Waals surface area contributed by atoms with E-state index < -0.39 is 0 Å². The number of rotatable bonds is 7. The molecule has 0 heterocycles. The molecule has 6 nitrogen and oxygen atoms in total. The number of anilines is 1. The number of amides is 2. The number of ether oxygens (including phenoxy) is 1. The molecule has 0 bridgehead atoms. The second-order valence-corrected chi connectivity index (χ2v) is 7.09. The number of carbonyl (C=O) groups excluding carboxylic acids is 2. The SMILES string of the molecule is COCCNC(=O)c1ccc(NC(=S)NC(=O)c2ccc(-c3ccccc3)cc2)cc1. The van der Waals surface area contributed by atoms with Crippen LogP contribution in [0.4, 0.5) is 5.69 Å². The van der Waals surface area contributed by atoms with Crippen molar-refractivity contribution in [1.82, 2.24) is 10.6 Å². The quantitative estimate of drug-likeness (QED) is 0.390. The molecule has 3 aromatic carbocycles. The zero-order valence-electron chi connectivity index (χ0n) is 17.1. The van der Waals surface area contributed by atoms with Crippen molar-refractivity contribution in [2.24, 2.45) is 0 Å². The number of benzene rings is 3. The van der Waals surface area contributed by atoms with E-state index in [1.165, 1.54) is 0 Å². The summed E-state index contributed by atoms with van der Waals surface area (Å²) in [5, 5.41) is 8.54. The van der Waals surface area contributed by atoms with E-state index in [4.69, 9.17) is 17.0 Å². The Kier molecular flexibility index (Phi) is 7.86. The minimum Gasteiger partial charge on any atom is -0.383 e. The third kappa shape index (κ3) is 6.47. The van der Waals surface area contributed by atoms with Gasteiger partial charge in [-0.15, -0.1) is 0 Å². The lowest BCUT2D eigenvalue weighted by Crippen LogP contribution is -2.34. The van der Waals surface area contributed by atoms with Gasteiger partial charge in [0, 0.05) is 30.5 Å². The maximum atomic E-state index is 12.5. The summed E-state index contributed by atoms with van der Waals surface area (Å²) in [6.45, 7) is 0.895. The highest BCUT2D eigenvalue weighted by atomic mass is 32.1. The largest absolute Gasteiger partial charge is 0.383 e. The Morgan fingerprint density at radius 3 is 2.03 bits per heavy atom. The minimum atomic E-state index is -0.300. The maximum absolute atomic E-state index is 12.5. The Bertz CT molecular complexity index is 1040. The number of carbonyl (C=O) groups is 2. The zero-order valence-corrected chi connectivity index (χ0v) is 17.9. The number of hydrogen-bond donors (Lipinski definition) is 3. The summed E-state index contributed by atoms with van der Waals surface area (Å²) in [4.78, 5) is 24.5. The molecule has 0 radical (unpaired) electrons. The smallest absolute Gasteiger partial charge is 0.257 e. The lowest BCUT2D eigenvalue weighted by Gasteiger charge is -2.11. The molecule has 3 N–H and O–H groups in total. The maximum Gasteiger partial charge on any atom is 0.257 e. The molecule has 2 amide bonds. The number of thiocarbonyl (C=S) groups is 1. The highest BCUT2D eigenvalue weighted by Crippen LogP contribution is 2.19. The van der Waals surface area contributed by atoms with Crippen molar-refractivity contribution in [3.63, 3.8) is 0 Å². The lowest BCUT2D eigenvalue weighted by molar-refractivity contribution is 0.0935. The van der Waals surface area contributed by atoms with Crippen molar-refractivity contribution in [2.75, 3.05) is 25.6 Å². The molecular weight excluding hydrogens is 410 g/mol. The molecule has 0 aliphatic heterocycles. The first-order chi connectivity index (χ1) is 15.1. The predicted molar refractivity (Wildman–Crippen MR) is 126 cm³/mol. The van der Waals surface area contributed by atoms with Crippen molar-refractivity contribution in [3.05, 3.63) is 90.0 Å². The molecule has 31 heavy (non-hydrogen) atoms. The molecule has 0 saturated heterocycles. The van der Waals surface area contributed by atoms with E-state index in [-0.39, 0.29) is 16.9 Å². The standard InChI is InChI=1S/C24H23N3O3S/c1-30-16-15-25-22(28)19-11-13-21(14-12-19)26-24(31)27-23(29)20-9-7-18(8-10-20)17-5-3-2-4-6-17/h2-14H,15-16H2,1H3,(H,25,28)(H2,26,27,29,31). The van der Waals surface area contributed by atoms with Crippen molar-refractivity contribution < 1.29 is 14.3 Å². The van der Waals surface area contributed by atoms with Crippen LogP contribution in [0, 0.1) is 0 Å². The molecule has 0 unspecified atom stereocenters. The first-order valence-corrected chi connectivity index (χ1v) is 10.1. The third-order valence-corrected chi connectivity index (χ3v) is 4.68. The van der Waals surface area contributed by atoms with Crippen molar-refractivity contribution in [2.45, 2.75) is 0 Å². The van der Waals surface area contributed by atoms with E-state index >= 15 is 0 Å². The van der Waals surface area contributed by atoms with Gasteiger partial charge in [-0.2, -0.15) is 0 Å². The average Bonchev–Trinajstić information content (AvgIpc) is 2.80. The van der Waals surface area contributed by atoms with Crippen LogP contribution in [0.1, 0.15) is 20.7 Å². The number of hydrogen-bond acceptors (Lipinski definition) is 4. The van der Waals surface area contributed by atoms with E-state index in [1.54, 1.807) is 43.5 Å². The second kappa shape index (κ2) is 11.0. The minimum absolute atomic E-state index is 0.175. The van der Waals surface area contributed by atoms with Gasteiger partial charge < -0.3 is 15.4 Å². The van der Waals surface area contributed by atoms with Crippen molar-refractivity contribution >= 4 is 34.8 Å². The van der Waals surface area contributed by atoms with Gasteiger partial charge in [-0.25, -0.2) is 0 Å². The topological polar surface area (TPSA) is 79.5 Å². The van der Waals surface area contributed by atoms with Crippen LogP contribution < -0.4 is 16.0 Å². The first kappa shape index (κ1) is 22.1. The summed E-state index contributed by atoms with van der Waals surface area (Å²) >= 11 is 5.23. The van der Waals surface area contributed by atoms with E-state index in [9.17, 15) is 9.59 Å². The second-order valence-electron chi connectivity index (χ2n) is 6.68. The fourth-order valence-electron chi connectivity index (χ4n) is 2.86. The van der Waals surface area contributed by atoms with Gasteiger partial charge in [-0.05, 0) is 59.7 Å². The summed E-state index contributed by atoms with van der Waals surface area (Å²) in [6.07, 6.45) is 0. The average molecular weight is 434 g/mol. The molecule has 7 heteroatoms. The monoisotopic (exact) mass is 433 g/mol.